The van der Waals surface area contributed by atoms with E-state index in [1.807, 2.05) is 6.07 Å². The van der Waals surface area contributed by atoms with E-state index in [0.29, 0.717) is 0 Å². The second kappa shape index (κ2) is 12.9. The fourth-order valence-electron chi connectivity index (χ4n) is 9.42. The van der Waals surface area contributed by atoms with Gasteiger partial charge < -0.3 is 13.6 Å². The Kier molecular flexibility index (Phi) is 7.31. The van der Waals surface area contributed by atoms with Gasteiger partial charge in [-0.15, -0.1) is 10.0 Å². The molecular formula is C54H36N2OS. The van der Waals surface area contributed by atoms with Crippen molar-refractivity contribution in [3.63, 3.8) is 0 Å². The van der Waals surface area contributed by atoms with Crippen LogP contribution in [0.5, 0.6) is 0 Å². The number of benzene rings is 9. The van der Waals surface area contributed by atoms with Crippen molar-refractivity contribution >= 4 is 75.6 Å². The fraction of sp³-hybridized carbons (Fsp3) is 0. The topological polar surface area (TPSA) is 23.0 Å². The first-order chi connectivity index (χ1) is 28.8. The van der Waals surface area contributed by atoms with Gasteiger partial charge in [-0.2, -0.15) is 0 Å². The van der Waals surface area contributed by atoms with Gasteiger partial charge in [0.05, 0.1) is 22.1 Å². The van der Waals surface area contributed by atoms with Gasteiger partial charge in [-0.05, 0) is 109 Å². The summed E-state index contributed by atoms with van der Waals surface area (Å²) in [6.45, 7) is 0. The van der Waals surface area contributed by atoms with E-state index in [1.54, 1.807) is 0 Å². The van der Waals surface area contributed by atoms with Gasteiger partial charge in [-0.25, -0.2) is 0 Å². The summed E-state index contributed by atoms with van der Waals surface area (Å²) in [6.07, 6.45) is 0. The maximum atomic E-state index is 6.37. The van der Waals surface area contributed by atoms with Crippen LogP contribution in [0.25, 0.3) is 76.9 Å². The summed E-state index contributed by atoms with van der Waals surface area (Å²) in [5.41, 5.74) is 8.85. The molecule has 12 rings (SSSR count). The minimum absolute atomic E-state index is 0.912. The molecule has 3 aromatic heterocycles. The van der Waals surface area contributed by atoms with Crippen molar-refractivity contribution in [3.8, 4) is 11.4 Å². The number of rotatable bonds is 6. The van der Waals surface area contributed by atoms with E-state index in [0.717, 1.165) is 33.4 Å². The number of nitrogens with zero attached hydrogens (tertiary/aromatic N) is 2. The standard InChI is InChI=1S/C54H36N2OS/c1-4-16-37(17-5-1)55-47-25-13-10-22-43(47)46-36-42(32-33-49(46)55)58(39-18-6-2-7-19-39,40-20-8-3-9-21-40)41-30-28-38(29-31-41)56-48-26-14-11-23-44(48)53-50(56)34-35-52-54(53)45-24-12-15-27-51(45)57-52/h1-36H. The molecule has 0 fully saturated rings. The maximum Gasteiger partial charge on any atom is 0.136 e. The third-order valence-electron chi connectivity index (χ3n) is 11.8. The van der Waals surface area contributed by atoms with E-state index >= 15 is 0 Å². The number of hydrogen-bond acceptors (Lipinski definition) is 1. The second-order valence-electron chi connectivity index (χ2n) is 14.9. The van der Waals surface area contributed by atoms with Crippen LogP contribution in [-0.4, -0.2) is 9.13 Å². The molecule has 0 saturated heterocycles. The van der Waals surface area contributed by atoms with Crippen molar-refractivity contribution in [2.75, 3.05) is 0 Å². The Morgan fingerprint density at radius 3 is 1.48 bits per heavy atom. The van der Waals surface area contributed by atoms with Gasteiger partial charge >= 0.3 is 0 Å². The molecule has 3 heterocycles. The van der Waals surface area contributed by atoms with Crippen LogP contribution >= 0.6 is 10.0 Å². The number of fused-ring (bicyclic) bond motifs is 10. The van der Waals surface area contributed by atoms with Gasteiger partial charge in [-0.3, -0.25) is 0 Å². The van der Waals surface area contributed by atoms with Gasteiger partial charge in [0, 0.05) is 63.3 Å². The Morgan fingerprint density at radius 2 is 0.776 bits per heavy atom. The van der Waals surface area contributed by atoms with Gasteiger partial charge in [0.1, 0.15) is 11.2 Å². The first kappa shape index (κ1) is 32.9. The molecule has 12 aromatic rings. The Balaban J connectivity index is 1.12. The number of furan rings is 1. The predicted molar refractivity (Wildman–Crippen MR) is 242 cm³/mol. The second-order valence-corrected chi connectivity index (χ2v) is 18.0. The molecule has 0 bridgehead atoms. The summed E-state index contributed by atoms with van der Waals surface area (Å²) < 4.78 is 11.2. The van der Waals surface area contributed by atoms with Gasteiger partial charge in [0.2, 0.25) is 0 Å². The molecule has 0 radical (unpaired) electrons. The lowest BCUT2D eigenvalue weighted by atomic mass is 10.1. The molecule has 0 aliphatic rings. The molecule has 4 heteroatoms. The smallest absolute Gasteiger partial charge is 0.136 e. The van der Waals surface area contributed by atoms with Crippen LogP contribution in [0.4, 0.5) is 0 Å². The lowest BCUT2D eigenvalue weighted by Gasteiger charge is -2.42. The molecule has 0 spiro atoms. The van der Waals surface area contributed by atoms with Crippen molar-refractivity contribution < 1.29 is 4.42 Å². The highest BCUT2D eigenvalue weighted by Gasteiger charge is 2.34. The average molecular weight is 761 g/mol. The number of hydrogen-bond donors (Lipinski definition) is 0. The first-order valence-corrected chi connectivity index (χ1v) is 21.4. The normalized spacial score (nSPS) is 12.4. The summed E-state index contributed by atoms with van der Waals surface area (Å²) in [7, 11) is -1.97. The Hall–Kier alpha value is -7.27. The molecule has 58 heavy (non-hydrogen) atoms. The van der Waals surface area contributed by atoms with Crippen LogP contribution in [-0.2, 0) is 0 Å². The molecule has 0 saturated carbocycles. The van der Waals surface area contributed by atoms with Gasteiger partial charge in [-0.1, -0.05) is 109 Å². The van der Waals surface area contributed by atoms with E-state index < -0.39 is 10.0 Å². The van der Waals surface area contributed by atoms with E-state index in [9.17, 15) is 0 Å². The van der Waals surface area contributed by atoms with Crippen LogP contribution in [0.3, 0.4) is 0 Å². The average Bonchev–Trinajstić information content (AvgIpc) is 3.95. The van der Waals surface area contributed by atoms with E-state index in [1.165, 1.54) is 63.1 Å². The summed E-state index contributed by atoms with van der Waals surface area (Å²) in [6, 6.07) is 79.9. The van der Waals surface area contributed by atoms with Crippen LogP contribution in [0.2, 0.25) is 0 Å². The Labute approximate surface area is 336 Å². The zero-order valence-electron chi connectivity index (χ0n) is 31.5. The number of aromatic nitrogens is 2. The SMILES string of the molecule is c1ccc(-n2c3ccccc3c3cc(S(c4ccccc4)(c4ccccc4)c4ccc(-n5c6ccccc6c6c7c(ccc65)oc5ccccc57)cc4)ccc32)cc1. The third-order valence-corrected chi connectivity index (χ3v) is 15.7. The fourth-order valence-corrected chi connectivity index (χ4v) is 13.3. The number of para-hydroxylation sites is 4. The molecule has 0 aliphatic carbocycles. The highest BCUT2D eigenvalue weighted by atomic mass is 32.3. The molecule has 274 valence electrons. The van der Waals surface area contributed by atoms with E-state index in [4.69, 9.17) is 4.42 Å². The van der Waals surface area contributed by atoms with Crippen LogP contribution in [0.1, 0.15) is 0 Å². The molecule has 0 aliphatic heterocycles. The van der Waals surface area contributed by atoms with Gasteiger partial charge in [0.15, 0.2) is 0 Å². The van der Waals surface area contributed by atoms with E-state index in [2.05, 4.69) is 221 Å². The predicted octanol–water partition coefficient (Wildman–Crippen LogP) is 15.1. The summed E-state index contributed by atoms with van der Waals surface area (Å²) in [5, 5.41) is 7.25. The Bertz CT molecular complexity index is 3450. The van der Waals surface area contributed by atoms with Crippen molar-refractivity contribution in [1.82, 2.24) is 9.13 Å². The quantitative estimate of drug-likeness (QED) is 0.166. The monoisotopic (exact) mass is 760 g/mol. The minimum atomic E-state index is -1.97. The van der Waals surface area contributed by atoms with Crippen LogP contribution in [0, 0.1) is 0 Å². The largest absolute Gasteiger partial charge is 0.456 e. The first-order valence-electron chi connectivity index (χ1n) is 19.8. The zero-order valence-corrected chi connectivity index (χ0v) is 32.3. The molecule has 3 nitrogen and oxygen atoms in total. The lowest BCUT2D eigenvalue weighted by molar-refractivity contribution is 0.669. The zero-order chi connectivity index (χ0) is 38.2. The molecule has 0 unspecified atom stereocenters. The van der Waals surface area contributed by atoms with Crippen molar-refractivity contribution in [3.05, 3.63) is 218 Å². The summed E-state index contributed by atoms with van der Waals surface area (Å²) >= 11 is 0. The van der Waals surface area contributed by atoms with Crippen LogP contribution in [0.15, 0.2) is 242 Å². The molecule has 0 atom stereocenters. The molecule has 0 N–H and O–H groups in total. The summed E-state index contributed by atoms with van der Waals surface area (Å²) in [5.74, 6) is 0. The van der Waals surface area contributed by atoms with E-state index in [-0.39, 0.29) is 0 Å². The van der Waals surface area contributed by atoms with Crippen molar-refractivity contribution in [1.29, 1.82) is 0 Å². The molecule has 0 amide bonds. The molecular weight excluding hydrogens is 725 g/mol. The Morgan fingerprint density at radius 1 is 0.293 bits per heavy atom. The third kappa shape index (κ3) is 4.70. The highest BCUT2D eigenvalue weighted by Crippen LogP contribution is 2.73. The molecule has 9 aromatic carbocycles. The lowest BCUT2D eigenvalue weighted by Crippen LogP contribution is -2.06. The minimum Gasteiger partial charge on any atom is -0.456 e. The van der Waals surface area contributed by atoms with Crippen molar-refractivity contribution in [2.45, 2.75) is 19.6 Å². The van der Waals surface area contributed by atoms with Gasteiger partial charge in [0.25, 0.3) is 0 Å². The maximum absolute atomic E-state index is 6.37. The van der Waals surface area contributed by atoms with Crippen molar-refractivity contribution in [2.24, 2.45) is 0 Å². The highest BCUT2D eigenvalue weighted by molar-refractivity contribution is 8.34. The summed E-state index contributed by atoms with van der Waals surface area (Å²) in [4.78, 5) is 5.17. The van der Waals surface area contributed by atoms with Crippen LogP contribution < -0.4 is 0 Å².